The van der Waals surface area contributed by atoms with Crippen LogP contribution in [0.15, 0.2) is 23.1 Å². The second-order valence-electron chi connectivity index (χ2n) is 8.50. The number of aromatic amines is 1. The van der Waals surface area contributed by atoms with Crippen molar-refractivity contribution in [2.45, 2.75) is 31.8 Å². The Labute approximate surface area is 196 Å². The Morgan fingerprint density at radius 3 is 2.80 bits per heavy atom. The second-order valence-corrected chi connectivity index (χ2v) is 8.50. The van der Waals surface area contributed by atoms with E-state index < -0.39 is 24.0 Å². The number of aliphatic hydroxyl groups is 2. The molecule has 180 valence electrons. The van der Waals surface area contributed by atoms with Gasteiger partial charge in [0.15, 0.2) is 11.2 Å². The maximum atomic E-state index is 12.5. The summed E-state index contributed by atoms with van der Waals surface area (Å²) in [4.78, 5) is 37.3. The minimum Gasteiger partial charge on any atom is -0.394 e. The van der Waals surface area contributed by atoms with Gasteiger partial charge in [-0.15, -0.1) is 0 Å². The molecule has 1 saturated heterocycles. The maximum absolute atomic E-state index is 12.5. The molecule has 5 aromatic rings. The molecule has 5 heterocycles. The first kappa shape index (κ1) is 21.4. The number of nitrogens with two attached hydrogens (primary N) is 1. The number of aliphatic hydroxyl groups excluding tert-OH is 2. The topological polar surface area (TPSA) is 195 Å². The van der Waals surface area contributed by atoms with Crippen LogP contribution in [0.4, 0.5) is 17.8 Å². The molecule has 1 aromatic carbocycles. The van der Waals surface area contributed by atoms with Crippen molar-refractivity contribution >= 4 is 51.1 Å². The van der Waals surface area contributed by atoms with Gasteiger partial charge in [0, 0.05) is 19.7 Å². The molecule has 0 amide bonds. The summed E-state index contributed by atoms with van der Waals surface area (Å²) in [6.45, 7) is 1.52. The van der Waals surface area contributed by atoms with Crippen molar-refractivity contribution in [1.82, 2.24) is 39.0 Å². The Balaban J connectivity index is 1.50. The average Bonchev–Trinajstić information content (AvgIpc) is 3.45. The molecule has 0 radical (unpaired) electrons. The molecule has 0 spiro atoms. The molecule has 1 fully saturated rings. The third kappa shape index (κ3) is 3.38. The van der Waals surface area contributed by atoms with E-state index in [9.17, 15) is 15.0 Å². The SMILES string of the molecule is Cc1cnc2cc3c(cc2n1)nc(Nc1nc2c(=O)[nH]c(N)nc2n1[C@H]1C[C@@H](O)[C@@H](CO)O1)n3C. The van der Waals surface area contributed by atoms with Crippen molar-refractivity contribution in [2.24, 2.45) is 7.05 Å². The van der Waals surface area contributed by atoms with Gasteiger partial charge in [-0.2, -0.15) is 4.98 Å². The lowest BCUT2D eigenvalue weighted by atomic mass is 10.2. The molecule has 4 aromatic heterocycles. The van der Waals surface area contributed by atoms with Crippen molar-refractivity contribution < 1.29 is 14.9 Å². The summed E-state index contributed by atoms with van der Waals surface area (Å²) in [5, 5.41) is 23.0. The average molecular weight is 478 g/mol. The van der Waals surface area contributed by atoms with Crippen LogP contribution in [-0.2, 0) is 11.8 Å². The van der Waals surface area contributed by atoms with E-state index in [1.54, 1.807) is 10.8 Å². The minimum atomic E-state index is -0.902. The van der Waals surface area contributed by atoms with Crippen LogP contribution < -0.4 is 16.6 Å². The van der Waals surface area contributed by atoms with E-state index in [4.69, 9.17) is 10.5 Å². The van der Waals surface area contributed by atoms with E-state index >= 15 is 0 Å². The molecule has 1 aliphatic rings. The Kier molecular flexibility index (Phi) is 4.70. The first-order chi connectivity index (χ1) is 16.8. The number of benzene rings is 1. The molecule has 6 N–H and O–H groups in total. The standard InChI is InChI=1S/C21H22N10O4/c1-8-6-23-9-4-12-11(3-10(9)24-8)25-20(30(12)2)29-21-26-16-17(27-19(22)28-18(16)34)31(21)15-5-13(33)14(7-32)35-15/h3-4,6,13-15,32-33H,5,7H2,1-2H3,(H,25,26,29)(H3,22,27,28,34)/t13-,14-,15-/m1/s1. The van der Waals surface area contributed by atoms with E-state index in [1.165, 1.54) is 0 Å². The van der Waals surface area contributed by atoms with E-state index in [0.717, 1.165) is 22.2 Å². The lowest BCUT2D eigenvalue weighted by Gasteiger charge is -2.17. The third-order valence-electron chi connectivity index (χ3n) is 6.13. The van der Waals surface area contributed by atoms with Crippen molar-refractivity contribution in [3.05, 3.63) is 34.4 Å². The molecule has 6 rings (SSSR count). The molecule has 14 heteroatoms. The molecule has 14 nitrogen and oxygen atoms in total. The lowest BCUT2D eigenvalue weighted by molar-refractivity contribution is -0.0425. The summed E-state index contributed by atoms with van der Waals surface area (Å²) in [7, 11) is 1.83. The van der Waals surface area contributed by atoms with E-state index in [2.05, 4.69) is 35.2 Å². The number of ether oxygens (including phenoxy) is 1. The Bertz CT molecular complexity index is 1670. The maximum Gasteiger partial charge on any atom is 0.280 e. The van der Waals surface area contributed by atoms with Crippen LogP contribution in [0.5, 0.6) is 0 Å². The number of aryl methyl sites for hydroxylation is 2. The highest BCUT2D eigenvalue weighted by Crippen LogP contribution is 2.34. The largest absolute Gasteiger partial charge is 0.394 e. The number of H-pyrrole nitrogens is 1. The Morgan fingerprint density at radius 2 is 2.03 bits per heavy atom. The molecule has 0 unspecified atom stereocenters. The highest BCUT2D eigenvalue weighted by molar-refractivity contribution is 5.92. The van der Waals surface area contributed by atoms with Crippen LogP contribution in [0.2, 0.25) is 0 Å². The number of anilines is 3. The van der Waals surface area contributed by atoms with Gasteiger partial charge in [-0.3, -0.25) is 24.6 Å². The predicted molar refractivity (Wildman–Crippen MR) is 126 cm³/mol. The van der Waals surface area contributed by atoms with Gasteiger partial charge in [-0.25, -0.2) is 15.0 Å². The van der Waals surface area contributed by atoms with E-state index in [-0.39, 0.29) is 36.1 Å². The highest BCUT2D eigenvalue weighted by atomic mass is 16.5. The van der Waals surface area contributed by atoms with Crippen molar-refractivity contribution in [3.8, 4) is 0 Å². The van der Waals surface area contributed by atoms with Gasteiger partial charge in [0.25, 0.3) is 5.56 Å². The number of hydrogen-bond acceptors (Lipinski definition) is 11. The van der Waals surface area contributed by atoms with Crippen LogP contribution in [0.3, 0.4) is 0 Å². The third-order valence-corrected chi connectivity index (χ3v) is 6.13. The summed E-state index contributed by atoms with van der Waals surface area (Å²) < 4.78 is 9.20. The molecular formula is C21H22N10O4. The number of nitrogens with one attached hydrogen (secondary N) is 2. The van der Waals surface area contributed by atoms with Gasteiger partial charge in [0.1, 0.15) is 12.3 Å². The minimum absolute atomic E-state index is 0.0422. The predicted octanol–water partition coefficient (Wildman–Crippen LogP) is 0.224. The highest BCUT2D eigenvalue weighted by Gasteiger charge is 2.37. The fourth-order valence-corrected chi connectivity index (χ4v) is 4.40. The van der Waals surface area contributed by atoms with Crippen LogP contribution in [0.25, 0.3) is 33.2 Å². The molecule has 35 heavy (non-hydrogen) atoms. The van der Waals surface area contributed by atoms with Crippen LogP contribution in [0.1, 0.15) is 18.3 Å². The van der Waals surface area contributed by atoms with Crippen molar-refractivity contribution in [1.29, 1.82) is 0 Å². The molecule has 1 aliphatic heterocycles. The van der Waals surface area contributed by atoms with Crippen molar-refractivity contribution in [2.75, 3.05) is 17.7 Å². The molecule has 3 atom stereocenters. The van der Waals surface area contributed by atoms with Gasteiger partial charge in [-0.05, 0) is 19.1 Å². The molecule has 0 aliphatic carbocycles. The van der Waals surface area contributed by atoms with E-state index in [1.807, 2.05) is 30.7 Å². The summed E-state index contributed by atoms with van der Waals surface area (Å²) in [5.41, 5.74) is 9.26. The van der Waals surface area contributed by atoms with Gasteiger partial charge < -0.3 is 25.3 Å². The normalized spacial score (nSPS) is 20.4. The zero-order valence-corrected chi connectivity index (χ0v) is 18.8. The first-order valence-corrected chi connectivity index (χ1v) is 10.9. The monoisotopic (exact) mass is 478 g/mol. The molecule has 0 saturated carbocycles. The summed E-state index contributed by atoms with van der Waals surface area (Å²) in [6.07, 6.45) is -0.572. The lowest BCUT2D eigenvalue weighted by Crippen LogP contribution is -2.24. The van der Waals surface area contributed by atoms with Gasteiger partial charge in [-0.1, -0.05) is 0 Å². The van der Waals surface area contributed by atoms with Crippen LogP contribution in [-0.4, -0.2) is 68.1 Å². The van der Waals surface area contributed by atoms with Gasteiger partial charge in [0.05, 0.1) is 40.5 Å². The number of hydrogen-bond donors (Lipinski definition) is 5. The first-order valence-electron chi connectivity index (χ1n) is 10.9. The van der Waals surface area contributed by atoms with Crippen LogP contribution in [0, 0.1) is 6.92 Å². The van der Waals surface area contributed by atoms with Gasteiger partial charge >= 0.3 is 0 Å². The van der Waals surface area contributed by atoms with E-state index in [0.29, 0.717) is 11.5 Å². The Morgan fingerprint density at radius 1 is 1.20 bits per heavy atom. The fourth-order valence-electron chi connectivity index (χ4n) is 4.40. The second kappa shape index (κ2) is 7.69. The zero-order chi connectivity index (χ0) is 24.4. The zero-order valence-electron chi connectivity index (χ0n) is 18.8. The number of fused-ring (bicyclic) bond motifs is 3. The van der Waals surface area contributed by atoms with Crippen molar-refractivity contribution in [3.63, 3.8) is 0 Å². The number of nitrogen functional groups attached to an aromatic ring is 1. The van der Waals surface area contributed by atoms with Crippen LogP contribution >= 0.6 is 0 Å². The summed E-state index contributed by atoms with van der Waals surface area (Å²) in [5.74, 6) is 0.567. The fraction of sp³-hybridized carbons (Fsp3) is 0.333. The smallest absolute Gasteiger partial charge is 0.280 e. The quantitative estimate of drug-likeness (QED) is 0.237. The number of nitrogens with zero attached hydrogens (tertiary/aromatic N) is 7. The molecule has 0 bridgehead atoms. The molecular weight excluding hydrogens is 456 g/mol. The summed E-state index contributed by atoms with van der Waals surface area (Å²) in [6, 6.07) is 3.75. The number of imidazole rings is 2. The van der Waals surface area contributed by atoms with Gasteiger partial charge in [0.2, 0.25) is 17.8 Å². The number of aromatic nitrogens is 8. The number of rotatable bonds is 4. The summed E-state index contributed by atoms with van der Waals surface area (Å²) >= 11 is 0. The Hall–Kier alpha value is -4.14.